The molecule has 3 heteroatoms. The molecule has 1 aromatic carbocycles. The molecule has 0 amide bonds. The van der Waals surface area contributed by atoms with Crippen LogP contribution < -0.4 is 4.74 Å². The largest absolute Gasteiger partial charge is 0.496 e. The number of methoxy groups -OCH3 is 1. The minimum absolute atomic E-state index is 0.831. The lowest BCUT2D eigenvalue weighted by atomic mass is 10.2. The molecule has 1 aromatic heterocycles. The second-order valence-electron chi connectivity index (χ2n) is 2.78. The molecule has 2 rings (SSSR count). The number of rotatable bonds is 2. The van der Waals surface area contributed by atoms with Crippen LogP contribution >= 0.6 is 0 Å². The molecule has 0 unspecified atom stereocenters. The average molecular weight is 175 g/mol. The van der Waals surface area contributed by atoms with Gasteiger partial charge in [-0.1, -0.05) is 0 Å². The first kappa shape index (κ1) is 8.10. The van der Waals surface area contributed by atoms with Crippen LogP contribution in [0.3, 0.4) is 0 Å². The van der Waals surface area contributed by atoms with Crippen molar-refractivity contribution in [3.8, 4) is 5.75 Å². The summed E-state index contributed by atoms with van der Waals surface area (Å²) >= 11 is 0. The number of hydrogen-bond donors (Lipinski definition) is 0. The Bertz CT molecular complexity index is 420. The molecule has 0 aliphatic rings. The molecule has 0 saturated heterocycles. The zero-order valence-corrected chi connectivity index (χ0v) is 7.74. The summed E-state index contributed by atoms with van der Waals surface area (Å²) in [7, 11) is 1.66. The fourth-order valence-corrected chi connectivity index (χ4v) is 1.43. The Kier molecular flexibility index (Phi) is 1.93. The highest BCUT2D eigenvalue weighted by atomic mass is 16.5. The Morgan fingerprint density at radius 2 is 2.38 bits per heavy atom. The van der Waals surface area contributed by atoms with E-state index in [9.17, 15) is 0 Å². The summed E-state index contributed by atoms with van der Waals surface area (Å²) in [5.41, 5.74) is 1.07. The molecule has 1 radical (unpaired) electrons. The molecule has 0 aliphatic carbocycles. The van der Waals surface area contributed by atoms with Gasteiger partial charge in [0.15, 0.2) is 0 Å². The van der Waals surface area contributed by atoms with Crippen molar-refractivity contribution in [2.45, 2.75) is 13.5 Å². The summed E-state index contributed by atoms with van der Waals surface area (Å²) in [6.07, 6.45) is 1.82. The number of ether oxygens (including phenoxy) is 1. The number of benzene rings is 1. The third kappa shape index (κ3) is 1.16. The minimum Gasteiger partial charge on any atom is -0.496 e. The van der Waals surface area contributed by atoms with Gasteiger partial charge in [0.2, 0.25) is 0 Å². The quantitative estimate of drug-likeness (QED) is 0.696. The van der Waals surface area contributed by atoms with Crippen molar-refractivity contribution in [2.24, 2.45) is 0 Å². The predicted octanol–water partition coefficient (Wildman–Crippen LogP) is 1.86. The molecule has 0 atom stereocenters. The van der Waals surface area contributed by atoms with Crippen molar-refractivity contribution in [1.29, 1.82) is 0 Å². The average Bonchev–Trinajstić information content (AvgIpc) is 2.60. The Hall–Kier alpha value is -1.51. The third-order valence-corrected chi connectivity index (χ3v) is 2.10. The topological polar surface area (TPSA) is 27.1 Å². The zero-order chi connectivity index (χ0) is 9.26. The van der Waals surface area contributed by atoms with Crippen molar-refractivity contribution in [1.82, 2.24) is 9.78 Å². The van der Waals surface area contributed by atoms with Crippen molar-refractivity contribution in [3.05, 3.63) is 24.4 Å². The van der Waals surface area contributed by atoms with Gasteiger partial charge in [-0.15, -0.1) is 0 Å². The SMILES string of the molecule is CCn1ncc2c(OC)c[c]cc21. The molecule has 0 fully saturated rings. The second-order valence-corrected chi connectivity index (χ2v) is 2.78. The summed E-state index contributed by atoms with van der Waals surface area (Å²) in [4.78, 5) is 0. The van der Waals surface area contributed by atoms with Gasteiger partial charge in [0.1, 0.15) is 5.75 Å². The van der Waals surface area contributed by atoms with Crippen LogP contribution in [-0.2, 0) is 6.54 Å². The first-order valence-corrected chi connectivity index (χ1v) is 4.26. The van der Waals surface area contributed by atoms with Gasteiger partial charge in [0.25, 0.3) is 0 Å². The first-order valence-electron chi connectivity index (χ1n) is 4.26. The van der Waals surface area contributed by atoms with E-state index in [2.05, 4.69) is 18.1 Å². The van der Waals surface area contributed by atoms with Crippen LogP contribution in [0, 0.1) is 6.07 Å². The summed E-state index contributed by atoms with van der Waals surface area (Å²) in [5, 5.41) is 5.28. The highest BCUT2D eigenvalue weighted by Crippen LogP contribution is 2.24. The van der Waals surface area contributed by atoms with E-state index in [1.807, 2.05) is 23.0 Å². The maximum absolute atomic E-state index is 5.20. The van der Waals surface area contributed by atoms with Gasteiger partial charge in [-0.3, -0.25) is 4.68 Å². The smallest absolute Gasteiger partial charge is 0.130 e. The zero-order valence-electron chi connectivity index (χ0n) is 7.74. The van der Waals surface area contributed by atoms with Crippen LogP contribution in [0.15, 0.2) is 18.3 Å². The van der Waals surface area contributed by atoms with Gasteiger partial charge < -0.3 is 4.74 Å². The van der Waals surface area contributed by atoms with Crippen molar-refractivity contribution in [2.75, 3.05) is 7.11 Å². The maximum atomic E-state index is 5.20. The summed E-state index contributed by atoms with van der Waals surface area (Å²) in [5.74, 6) is 0.831. The molecule has 0 N–H and O–H groups in total. The lowest BCUT2D eigenvalue weighted by Gasteiger charge is -2.01. The van der Waals surface area contributed by atoms with Crippen LogP contribution in [0.25, 0.3) is 10.9 Å². The van der Waals surface area contributed by atoms with E-state index in [0.29, 0.717) is 0 Å². The summed E-state index contributed by atoms with van der Waals surface area (Å²) in [6, 6.07) is 6.78. The molecule has 1 heterocycles. The van der Waals surface area contributed by atoms with Crippen LogP contribution in [0.5, 0.6) is 5.75 Å². The van der Waals surface area contributed by atoms with Crippen LogP contribution in [-0.4, -0.2) is 16.9 Å². The lowest BCUT2D eigenvalue weighted by molar-refractivity contribution is 0.419. The Morgan fingerprint density at radius 3 is 3.08 bits per heavy atom. The van der Waals surface area contributed by atoms with Crippen molar-refractivity contribution >= 4 is 10.9 Å². The Morgan fingerprint density at radius 1 is 1.54 bits per heavy atom. The molecule has 0 aliphatic heterocycles. The molecular weight excluding hydrogens is 164 g/mol. The van der Waals surface area contributed by atoms with E-state index in [-0.39, 0.29) is 0 Å². The summed E-state index contributed by atoms with van der Waals surface area (Å²) < 4.78 is 7.13. The number of fused-ring (bicyclic) bond motifs is 1. The molecule has 67 valence electrons. The molecule has 0 bridgehead atoms. The molecule has 13 heavy (non-hydrogen) atoms. The fraction of sp³-hybridized carbons (Fsp3) is 0.300. The van der Waals surface area contributed by atoms with Gasteiger partial charge in [-0.25, -0.2) is 0 Å². The molecule has 3 nitrogen and oxygen atoms in total. The lowest BCUT2D eigenvalue weighted by Crippen LogP contribution is -1.94. The fourth-order valence-electron chi connectivity index (χ4n) is 1.43. The molecule has 2 aromatic rings. The van der Waals surface area contributed by atoms with Crippen molar-refractivity contribution < 1.29 is 4.74 Å². The predicted molar refractivity (Wildman–Crippen MR) is 50.8 cm³/mol. The Balaban J connectivity index is 2.72. The van der Waals surface area contributed by atoms with E-state index in [1.54, 1.807) is 7.11 Å². The minimum atomic E-state index is 0.831. The molecule has 0 spiro atoms. The molecule has 0 saturated carbocycles. The van der Waals surface area contributed by atoms with Gasteiger partial charge in [0.05, 0.1) is 24.2 Å². The van der Waals surface area contributed by atoms with E-state index in [1.165, 1.54) is 0 Å². The second kappa shape index (κ2) is 3.09. The molecular formula is C10H11N2O. The van der Waals surface area contributed by atoms with Gasteiger partial charge >= 0.3 is 0 Å². The van der Waals surface area contributed by atoms with Crippen LogP contribution in [0.4, 0.5) is 0 Å². The van der Waals surface area contributed by atoms with Crippen LogP contribution in [0.1, 0.15) is 6.92 Å². The van der Waals surface area contributed by atoms with Gasteiger partial charge in [-0.2, -0.15) is 5.10 Å². The Labute approximate surface area is 76.9 Å². The number of hydrogen-bond acceptors (Lipinski definition) is 2. The van der Waals surface area contributed by atoms with Gasteiger partial charge in [-0.05, 0) is 25.1 Å². The van der Waals surface area contributed by atoms with E-state index >= 15 is 0 Å². The number of aryl methyl sites for hydroxylation is 1. The normalized spacial score (nSPS) is 10.6. The standard InChI is InChI=1S/C10H11N2O/c1-3-12-9-5-4-6-10(13-2)8(9)7-11-12/h5-7H,3H2,1-2H3. The number of nitrogens with zero attached hydrogens (tertiary/aromatic N) is 2. The first-order chi connectivity index (χ1) is 6.36. The van der Waals surface area contributed by atoms with Crippen molar-refractivity contribution in [3.63, 3.8) is 0 Å². The van der Waals surface area contributed by atoms with Crippen LogP contribution in [0.2, 0.25) is 0 Å². The van der Waals surface area contributed by atoms with E-state index in [0.717, 1.165) is 23.2 Å². The summed E-state index contributed by atoms with van der Waals surface area (Å²) in [6.45, 7) is 2.93. The van der Waals surface area contributed by atoms with Gasteiger partial charge in [0, 0.05) is 6.54 Å². The van der Waals surface area contributed by atoms with E-state index < -0.39 is 0 Å². The highest BCUT2D eigenvalue weighted by molar-refractivity contribution is 5.84. The highest BCUT2D eigenvalue weighted by Gasteiger charge is 2.04. The maximum Gasteiger partial charge on any atom is 0.130 e. The number of aromatic nitrogens is 2. The monoisotopic (exact) mass is 175 g/mol. The third-order valence-electron chi connectivity index (χ3n) is 2.10. The van der Waals surface area contributed by atoms with E-state index in [4.69, 9.17) is 4.74 Å².